The lowest BCUT2D eigenvalue weighted by Crippen LogP contribution is -2.40. The standard InChI is InChI=1S/3C18H27NO2.2C17H25NO2/c3*1-4-21-17(20)14-18(8-10-19(3)11-9-18)13-16-7-5-6-15(2)12-16;2*1-3-20-16(19)14-17(9-11-18(2)12-10-17)13-15-7-5-4-6-8-15/h3*5-7,12H,4,8-11,13-14H2,1-3H3;2*4-8H,3,9-14H2,1-2H3/i5D,6D,7D,8D2,9D2,10D2,11D2,12D;1D3,4D2,5D,6D,7D,12D;3D3,5D,6D,7D,12D;1D3,2D3,3D2,9D2,10D2,11D2,12D2;1D3,3D2,9D2,10D2,11D2,12D2. The summed E-state index contributed by atoms with van der Waals surface area (Å²) in [6.07, 6.45) is -24.6. The van der Waals surface area contributed by atoms with E-state index in [1.165, 1.54) is 67.3 Å². The molecule has 5 saturated heterocycles. The van der Waals surface area contributed by atoms with Gasteiger partial charge in [0.25, 0.3) is 0 Å². The highest BCUT2D eigenvalue weighted by Crippen LogP contribution is 2.43. The number of nitrogens with zero attached hydrogens (tertiary/aromatic N) is 5. The van der Waals surface area contributed by atoms with Crippen molar-refractivity contribution in [3.63, 3.8) is 0 Å². The van der Waals surface area contributed by atoms with Crippen molar-refractivity contribution < 1.29 is 126 Å². The first-order valence-corrected chi connectivity index (χ1v) is 33.1. The van der Waals surface area contributed by atoms with Crippen LogP contribution >= 0.6 is 0 Å². The van der Waals surface area contributed by atoms with Gasteiger partial charge in [0.05, 0.1) is 89.7 Å². The Kier molecular flexibility index (Phi) is 14.8. The van der Waals surface area contributed by atoms with E-state index in [1.807, 2.05) is 7.05 Å². The Bertz CT molecular complexity index is 5860. The minimum atomic E-state index is -3.74. The molecule has 5 aromatic rings. The maximum absolute atomic E-state index is 12.8. The van der Waals surface area contributed by atoms with Crippen LogP contribution in [0, 0.1) is 47.8 Å². The maximum Gasteiger partial charge on any atom is 0.306 e. The van der Waals surface area contributed by atoms with Crippen molar-refractivity contribution >= 4 is 29.8 Å². The average Bonchev–Trinajstić information content (AvgIpc) is 0.666. The van der Waals surface area contributed by atoms with E-state index in [2.05, 4.69) is 19.1 Å². The predicted molar refractivity (Wildman–Crippen MR) is 417 cm³/mol. The summed E-state index contributed by atoms with van der Waals surface area (Å²) < 4.78 is 480. The lowest BCUT2D eigenvalue weighted by Gasteiger charge is -2.40. The van der Waals surface area contributed by atoms with E-state index >= 15 is 0 Å². The second-order valence-corrected chi connectivity index (χ2v) is 25.3. The number of benzene rings is 5. The molecule has 0 atom stereocenters. The number of carbonyl (C=O) groups is 5. The van der Waals surface area contributed by atoms with Gasteiger partial charge in [-0.1, -0.05) is 150 Å². The fourth-order valence-corrected chi connectivity index (χ4v) is 11.6. The highest BCUT2D eigenvalue weighted by atomic mass is 16.5. The van der Waals surface area contributed by atoms with Crippen molar-refractivity contribution in [1.29, 1.82) is 0 Å². The van der Waals surface area contributed by atoms with Crippen LogP contribution in [0.15, 0.2) is 133 Å². The predicted octanol–water partition coefficient (Wildman–Crippen LogP) is 15.4. The molecule has 15 heteroatoms. The number of hydrogen-bond acceptors (Lipinski definition) is 15. The van der Waals surface area contributed by atoms with Crippen molar-refractivity contribution in [3.05, 3.63) is 178 Å². The van der Waals surface area contributed by atoms with E-state index in [0.29, 0.717) is 54.8 Å². The third-order valence-corrected chi connectivity index (χ3v) is 16.7. The van der Waals surface area contributed by atoms with Gasteiger partial charge < -0.3 is 48.2 Å². The smallest absolute Gasteiger partial charge is 0.306 e. The monoisotopic (exact) mass is 1480 g/mol. The number of hydrogen-bond donors (Lipinski definition) is 0. The molecule has 0 saturated carbocycles. The van der Waals surface area contributed by atoms with E-state index in [-0.39, 0.29) is 145 Å². The topological polar surface area (TPSA) is 148 Å². The van der Waals surface area contributed by atoms with Gasteiger partial charge in [-0.05, 0) is 306 Å². The Hall–Kier alpha value is -6.75. The molecule has 103 heavy (non-hydrogen) atoms. The van der Waals surface area contributed by atoms with Gasteiger partial charge in [-0.3, -0.25) is 24.0 Å². The highest BCUT2D eigenvalue weighted by Gasteiger charge is 2.41. The molecule has 10 rings (SSSR count). The highest BCUT2D eigenvalue weighted by molar-refractivity contribution is 5.72. The van der Waals surface area contributed by atoms with Gasteiger partial charge in [-0.2, -0.15) is 0 Å². The van der Waals surface area contributed by atoms with Crippen molar-refractivity contribution in [1.82, 2.24) is 24.5 Å². The van der Waals surface area contributed by atoms with Crippen LogP contribution in [0.4, 0.5) is 0 Å². The average molecular weight is 1480 g/mol. The Morgan fingerprint density at radius 1 is 0.388 bits per heavy atom. The van der Waals surface area contributed by atoms with E-state index < -0.39 is 250 Å². The molecule has 0 unspecified atom stereocenters. The summed E-state index contributed by atoms with van der Waals surface area (Å²) in [4.78, 5) is 66.4. The van der Waals surface area contributed by atoms with Gasteiger partial charge in [-0.25, -0.2) is 0 Å². The van der Waals surface area contributed by atoms with Crippen LogP contribution in [0.5, 0.6) is 0 Å². The minimum absolute atomic E-state index is 0.00880. The second-order valence-electron chi connectivity index (χ2n) is 25.3. The van der Waals surface area contributed by atoms with Crippen LogP contribution in [0.25, 0.3) is 0 Å². The number of esters is 5. The van der Waals surface area contributed by atoms with Crippen LogP contribution in [0.1, 0.15) is 253 Å². The first kappa shape index (κ1) is 34.9. The normalized spacial score (nSPS) is 33.5. The second kappa shape index (κ2) is 43.6. The number of likely N-dealkylation sites (tertiary alicyclic amines) is 5. The summed E-state index contributed by atoms with van der Waals surface area (Å²) in [7, 11) is 3.70. The van der Waals surface area contributed by atoms with Gasteiger partial charge in [0.15, 0.2) is 0 Å². The van der Waals surface area contributed by atoms with Gasteiger partial charge in [-0.15, -0.1) is 0 Å². The SMILES string of the molecule is [2H]C([2H])([2H])C([2H])([2H])OC(=O)CC1(Cc2ccccc2)C([2H])([2H])C([2H])([2H])N(C)C([2H])([2H])C1([2H])[2H].[2H]C([2H])([2H])N1C([2H])([2H])C([2H])([2H])C(CC(=O)OC([2H])([2H])C([2H])([2H])[2H])(Cc2ccccc2)C([2H])([2H])C1([2H])[2H].[2H]c1c([2H])c(C)c([2H])c(CC2(CC(=O)OC([2H])([2H])C([2H])([2H])[2H])CCN(C)CC2)c1[2H].[2H]c1c([2H])c(C)c([2H])c(CC2(CC(=O)OCC)C([2H])([2H])C([2H])([2H])N(C)C([2H])([2H])C2([2H])[2H])c1[2H].[2H]c1c([2H])c(C)c([2H])c(CC2(CC(=O)OCC)CCN(C([2H])([2H])[2H])CC2)c1[2H]. The molecule has 0 aliphatic carbocycles. The zero-order valence-corrected chi connectivity index (χ0v) is 59.2. The van der Waals surface area contributed by atoms with Gasteiger partial charge in [0.1, 0.15) is 0 Å². The zero-order chi connectivity index (χ0) is 125. The molecule has 0 spiro atoms. The lowest BCUT2D eigenvalue weighted by atomic mass is 9.71. The first-order valence-electron chi connectivity index (χ1n) is 61.6. The minimum Gasteiger partial charge on any atom is -0.466 e. The van der Waals surface area contributed by atoms with Crippen molar-refractivity contribution in [2.45, 2.75) is 183 Å². The molecule has 5 aliphatic rings. The van der Waals surface area contributed by atoms with Crippen LogP contribution in [0.3, 0.4) is 0 Å². The third-order valence-electron chi connectivity index (χ3n) is 16.7. The number of ether oxygens (including phenoxy) is 5. The molecular formula is C88H131N5O10. The molecule has 568 valence electrons. The van der Waals surface area contributed by atoms with Gasteiger partial charge >= 0.3 is 29.8 Å². The summed E-state index contributed by atoms with van der Waals surface area (Å²) in [5.41, 5.74) is -8.78. The molecule has 0 aromatic heterocycles. The zero-order valence-electron chi connectivity index (χ0n) is 116. The molecule has 5 aliphatic heterocycles. The van der Waals surface area contributed by atoms with Crippen LogP contribution < -0.4 is 0 Å². The molecule has 0 bridgehead atoms. The van der Waals surface area contributed by atoms with Gasteiger partial charge in [0.2, 0.25) is 0 Å². The van der Waals surface area contributed by atoms with E-state index in [9.17, 15) is 24.0 Å². The summed E-state index contributed by atoms with van der Waals surface area (Å²) in [5.74, 6) is -5.90. The maximum atomic E-state index is 12.8. The summed E-state index contributed by atoms with van der Waals surface area (Å²) in [6, 6.07) is 11.6. The van der Waals surface area contributed by atoms with Gasteiger partial charge in [0, 0.05) is 53.5 Å². The van der Waals surface area contributed by atoms with Crippen LogP contribution in [-0.4, -0.2) is 187 Å². The molecule has 5 fully saturated rings. The molecule has 0 radical (unpaired) electrons. The number of rotatable bonds is 25. The number of carbonyl (C=O) groups excluding carboxylic acids is 5. The summed E-state index contributed by atoms with van der Waals surface area (Å²) in [5, 5.41) is 0. The molecule has 5 heterocycles. The molecule has 0 N–H and O–H groups in total. The van der Waals surface area contributed by atoms with Crippen molar-refractivity contribution in [2.75, 3.05) is 133 Å². The first-order chi connectivity index (χ1) is 71.7. The Balaban J connectivity index is 0.000000305. The Labute approximate surface area is 701 Å². The van der Waals surface area contributed by atoms with Crippen LogP contribution in [-0.2, 0) is 79.8 Å². The lowest BCUT2D eigenvalue weighted by molar-refractivity contribution is -0.147. The quantitative estimate of drug-likeness (QED) is 0.0403. The van der Waals surface area contributed by atoms with E-state index in [4.69, 9.17) is 87.6 Å². The Morgan fingerprint density at radius 3 is 0.981 bits per heavy atom. The van der Waals surface area contributed by atoms with E-state index in [0.717, 1.165) is 14.1 Å². The van der Waals surface area contributed by atoms with Crippen molar-refractivity contribution in [2.24, 2.45) is 27.1 Å². The summed E-state index contributed by atoms with van der Waals surface area (Å²) >= 11 is 0. The molecule has 0 amide bonds. The molecule has 5 aromatic carbocycles. The summed E-state index contributed by atoms with van der Waals surface area (Å²) in [6.45, 7) is -36.5. The third kappa shape index (κ3) is 30.7. The number of piperidine rings is 5. The Morgan fingerprint density at radius 2 is 0.670 bits per heavy atom. The molecule has 15 nitrogen and oxygen atoms in total. The van der Waals surface area contributed by atoms with Crippen molar-refractivity contribution in [3.8, 4) is 0 Å². The fraction of sp³-hybridized carbons (Fsp3) is 0.602. The molecular weight excluding hydrogens is 1290 g/mol. The van der Waals surface area contributed by atoms with E-state index in [1.54, 1.807) is 32.9 Å². The largest absolute Gasteiger partial charge is 0.466 e. The fourth-order valence-electron chi connectivity index (χ4n) is 11.6. The van der Waals surface area contributed by atoms with Crippen LogP contribution in [0.2, 0.25) is 0 Å².